The zero-order valence-corrected chi connectivity index (χ0v) is 9.79. The van der Waals surface area contributed by atoms with Crippen LogP contribution < -0.4 is 9.47 Å². The summed E-state index contributed by atoms with van der Waals surface area (Å²) in [6, 6.07) is 4.41. The minimum absolute atomic E-state index is 0.0195. The summed E-state index contributed by atoms with van der Waals surface area (Å²) in [5.74, 6) is 0.162. The van der Waals surface area contributed by atoms with E-state index in [1.165, 1.54) is 19.2 Å². The number of aliphatic hydroxyl groups excluding tert-OH is 1. The van der Waals surface area contributed by atoms with Gasteiger partial charge in [-0.3, -0.25) is 0 Å². The van der Waals surface area contributed by atoms with Crippen LogP contribution in [0.15, 0.2) is 18.2 Å². The van der Waals surface area contributed by atoms with Crippen molar-refractivity contribution in [3.63, 3.8) is 0 Å². The fourth-order valence-corrected chi connectivity index (χ4v) is 1.06. The van der Waals surface area contributed by atoms with Gasteiger partial charge in [-0.15, -0.1) is 0 Å². The van der Waals surface area contributed by atoms with E-state index in [1.807, 2.05) is 13.8 Å². The van der Waals surface area contributed by atoms with Crippen LogP contribution in [0.25, 0.3) is 0 Å². The van der Waals surface area contributed by atoms with Crippen LogP contribution in [0.3, 0.4) is 0 Å². The highest BCUT2D eigenvalue weighted by molar-refractivity contribution is 5.33. The van der Waals surface area contributed by atoms with Crippen LogP contribution in [0.1, 0.15) is 13.8 Å². The fourth-order valence-electron chi connectivity index (χ4n) is 1.06. The lowest BCUT2D eigenvalue weighted by Gasteiger charge is -2.21. The van der Waals surface area contributed by atoms with Crippen molar-refractivity contribution in [1.29, 1.82) is 0 Å². The first-order chi connectivity index (χ1) is 7.48. The van der Waals surface area contributed by atoms with Crippen molar-refractivity contribution in [2.24, 2.45) is 5.41 Å². The summed E-state index contributed by atoms with van der Waals surface area (Å²) >= 11 is 0. The Morgan fingerprint density at radius 1 is 1.38 bits per heavy atom. The predicted molar refractivity (Wildman–Crippen MR) is 59.3 cm³/mol. The molecule has 0 aromatic heterocycles. The Hall–Kier alpha value is -1.29. The maximum absolute atomic E-state index is 13.3. The third-order valence-electron chi connectivity index (χ3n) is 2.18. The maximum atomic E-state index is 13.3. The molecule has 0 atom stereocenters. The zero-order valence-electron chi connectivity index (χ0n) is 9.79. The van der Waals surface area contributed by atoms with E-state index >= 15 is 0 Å². The molecular weight excluding hydrogens is 211 g/mol. The molecule has 16 heavy (non-hydrogen) atoms. The van der Waals surface area contributed by atoms with E-state index in [4.69, 9.17) is 14.6 Å². The van der Waals surface area contributed by atoms with Crippen molar-refractivity contribution in [2.75, 3.05) is 20.3 Å². The Balaban J connectivity index is 2.65. The van der Waals surface area contributed by atoms with Gasteiger partial charge in [0.1, 0.15) is 5.75 Å². The topological polar surface area (TPSA) is 38.7 Å². The molecule has 1 rings (SSSR count). The van der Waals surface area contributed by atoms with E-state index < -0.39 is 5.82 Å². The molecule has 0 aliphatic rings. The molecule has 0 radical (unpaired) electrons. The molecule has 0 aliphatic carbocycles. The Kier molecular flexibility index (Phi) is 4.12. The van der Waals surface area contributed by atoms with Crippen LogP contribution in [0, 0.1) is 11.2 Å². The zero-order chi connectivity index (χ0) is 12.2. The van der Waals surface area contributed by atoms with Crippen molar-refractivity contribution in [1.82, 2.24) is 0 Å². The van der Waals surface area contributed by atoms with Gasteiger partial charge in [0.05, 0.1) is 20.3 Å². The number of methoxy groups -OCH3 is 1. The lowest BCUT2D eigenvalue weighted by molar-refractivity contribution is 0.0973. The number of hydrogen-bond donors (Lipinski definition) is 1. The smallest absolute Gasteiger partial charge is 0.168 e. The van der Waals surface area contributed by atoms with Crippen molar-refractivity contribution in [3.05, 3.63) is 24.0 Å². The molecule has 1 N–H and O–H groups in total. The van der Waals surface area contributed by atoms with Crippen LogP contribution in [0.4, 0.5) is 4.39 Å². The van der Waals surface area contributed by atoms with Gasteiger partial charge in [0.2, 0.25) is 0 Å². The number of hydrogen-bond acceptors (Lipinski definition) is 3. The van der Waals surface area contributed by atoms with Crippen LogP contribution >= 0.6 is 0 Å². The van der Waals surface area contributed by atoms with Crippen molar-refractivity contribution < 1.29 is 19.0 Å². The number of rotatable bonds is 5. The number of aliphatic hydroxyl groups is 1. The first-order valence-electron chi connectivity index (χ1n) is 5.06. The highest BCUT2D eigenvalue weighted by Gasteiger charge is 2.17. The van der Waals surface area contributed by atoms with Crippen molar-refractivity contribution >= 4 is 0 Å². The molecule has 0 unspecified atom stereocenters. The molecule has 0 amide bonds. The van der Waals surface area contributed by atoms with Crippen molar-refractivity contribution in [3.8, 4) is 11.5 Å². The SMILES string of the molecule is COc1ccc(OCC(C)(C)CO)cc1F. The number of ether oxygens (including phenoxy) is 2. The second-order valence-corrected chi connectivity index (χ2v) is 4.41. The van der Waals surface area contributed by atoms with Crippen LogP contribution in [-0.2, 0) is 0 Å². The maximum Gasteiger partial charge on any atom is 0.168 e. The predicted octanol–water partition coefficient (Wildman–Crippen LogP) is 2.23. The molecule has 0 fully saturated rings. The highest BCUT2D eigenvalue weighted by Crippen LogP contribution is 2.24. The van der Waals surface area contributed by atoms with Gasteiger partial charge in [0.15, 0.2) is 11.6 Å². The van der Waals surface area contributed by atoms with E-state index in [0.717, 1.165) is 0 Å². The van der Waals surface area contributed by atoms with E-state index in [2.05, 4.69) is 0 Å². The first-order valence-corrected chi connectivity index (χ1v) is 5.06. The fraction of sp³-hybridized carbons (Fsp3) is 0.500. The first kappa shape index (κ1) is 12.8. The second kappa shape index (κ2) is 5.16. The molecular formula is C12H17FO3. The normalized spacial score (nSPS) is 11.3. The Bertz CT molecular complexity index is 350. The molecule has 1 aromatic carbocycles. The van der Waals surface area contributed by atoms with Gasteiger partial charge in [-0.2, -0.15) is 0 Å². The second-order valence-electron chi connectivity index (χ2n) is 4.41. The quantitative estimate of drug-likeness (QED) is 0.840. The molecule has 0 spiro atoms. The largest absolute Gasteiger partial charge is 0.494 e. The third kappa shape index (κ3) is 3.38. The van der Waals surface area contributed by atoms with Gasteiger partial charge in [0, 0.05) is 11.5 Å². The summed E-state index contributed by atoms with van der Waals surface area (Å²) < 4.78 is 23.5. The summed E-state index contributed by atoms with van der Waals surface area (Å²) in [6.45, 7) is 4.08. The highest BCUT2D eigenvalue weighted by atomic mass is 19.1. The van der Waals surface area contributed by atoms with E-state index in [1.54, 1.807) is 6.07 Å². The molecule has 90 valence electrons. The van der Waals surface area contributed by atoms with Crippen LogP contribution in [0.2, 0.25) is 0 Å². The van der Waals surface area contributed by atoms with Gasteiger partial charge < -0.3 is 14.6 Å². The monoisotopic (exact) mass is 228 g/mol. The number of benzene rings is 1. The van der Waals surface area contributed by atoms with E-state index in [-0.39, 0.29) is 17.8 Å². The Morgan fingerprint density at radius 2 is 2.06 bits per heavy atom. The summed E-state index contributed by atoms with van der Waals surface area (Å²) in [7, 11) is 1.41. The third-order valence-corrected chi connectivity index (χ3v) is 2.18. The Morgan fingerprint density at radius 3 is 2.56 bits per heavy atom. The molecule has 0 bridgehead atoms. The van der Waals surface area contributed by atoms with Gasteiger partial charge in [0.25, 0.3) is 0 Å². The number of halogens is 1. The molecule has 0 heterocycles. The molecule has 3 nitrogen and oxygen atoms in total. The van der Waals surface area contributed by atoms with Gasteiger partial charge in [-0.1, -0.05) is 13.8 Å². The summed E-state index contributed by atoms with van der Waals surface area (Å²) in [4.78, 5) is 0. The van der Waals surface area contributed by atoms with E-state index in [0.29, 0.717) is 12.4 Å². The molecule has 0 saturated carbocycles. The lowest BCUT2D eigenvalue weighted by atomic mass is 9.96. The van der Waals surface area contributed by atoms with E-state index in [9.17, 15) is 4.39 Å². The summed E-state index contributed by atoms with van der Waals surface area (Å²) in [5.41, 5.74) is -0.337. The average molecular weight is 228 g/mol. The van der Waals surface area contributed by atoms with Gasteiger partial charge in [-0.05, 0) is 12.1 Å². The Labute approximate surface area is 94.8 Å². The lowest BCUT2D eigenvalue weighted by Crippen LogP contribution is -2.25. The van der Waals surface area contributed by atoms with Crippen LogP contribution in [0.5, 0.6) is 11.5 Å². The molecule has 0 aliphatic heterocycles. The van der Waals surface area contributed by atoms with Crippen LogP contribution in [-0.4, -0.2) is 25.4 Å². The van der Waals surface area contributed by atoms with Gasteiger partial charge in [-0.25, -0.2) is 4.39 Å². The summed E-state index contributed by atoms with van der Waals surface area (Å²) in [5, 5.41) is 9.03. The minimum atomic E-state index is -0.457. The van der Waals surface area contributed by atoms with Gasteiger partial charge >= 0.3 is 0 Å². The molecule has 4 heteroatoms. The molecule has 1 aromatic rings. The minimum Gasteiger partial charge on any atom is -0.494 e. The average Bonchev–Trinajstić information content (AvgIpc) is 2.27. The standard InChI is InChI=1S/C12H17FO3/c1-12(2,7-14)8-16-9-4-5-11(15-3)10(13)6-9/h4-6,14H,7-8H2,1-3H3. The molecule has 0 saturated heterocycles. The summed E-state index contributed by atoms with van der Waals surface area (Å²) in [6.07, 6.45) is 0. The van der Waals surface area contributed by atoms with Crippen molar-refractivity contribution in [2.45, 2.75) is 13.8 Å².